The molecule has 1 atom stereocenters. The molecule has 0 aliphatic heterocycles. The summed E-state index contributed by atoms with van der Waals surface area (Å²) in [6.07, 6.45) is 3.42. The minimum atomic E-state index is 0.135. The number of hydrogen-bond donors (Lipinski definition) is 0. The lowest BCUT2D eigenvalue weighted by Crippen LogP contribution is -1.95. The van der Waals surface area contributed by atoms with E-state index in [4.69, 9.17) is 16.3 Å². The van der Waals surface area contributed by atoms with Gasteiger partial charge in [0.2, 0.25) is 0 Å². The highest BCUT2D eigenvalue weighted by Crippen LogP contribution is 2.30. The normalized spacial score (nSPS) is 12.5. The lowest BCUT2D eigenvalue weighted by molar-refractivity contribution is 0.414. The molecule has 0 aromatic heterocycles. The molecular formula is C13H19ClO. The predicted octanol–water partition coefficient (Wildman–Crippen LogP) is 4.47. The van der Waals surface area contributed by atoms with Crippen LogP contribution in [0.5, 0.6) is 5.75 Å². The van der Waals surface area contributed by atoms with Crippen LogP contribution in [-0.2, 0) is 0 Å². The standard InChI is InChI=1S/C13H19ClO/c1-4-5-6-13(14)12-8-7-11(15-3)9-10(12)2/h7-9,13H,4-6H2,1-3H3. The Kier molecular flexibility index (Phi) is 4.97. The van der Waals surface area contributed by atoms with Gasteiger partial charge in [0.25, 0.3) is 0 Å². The minimum Gasteiger partial charge on any atom is -0.497 e. The molecule has 2 heteroatoms. The summed E-state index contributed by atoms with van der Waals surface area (Å²) in [6, 6.07) is 6.09. The molecule has 0 spiro atoms. The van der Waals surface area contributed by atoms with Gasteiger partial charge in [0, 0.05) is 0 Å². The maximum atomic E-state index is 6.34. The largest absolute Gasteiger partial charge is 0.497 e. The van der Waals surface area contributed by atoms with Gasteiger partial charge in [-0.2, -0.15) is 0 Å². The first-order valence-electron chi connectivity index (χ1n) is 5.47. The summed E-state index contributed by atoms with van der Waals surface area (Å²) in [6.45, 7) is 4.27. The van der Waals surface area contributed by atoms with Gasteiger partial charge in [-0.05, 0) is 36.6 Å². The van der Waals surface area contributed by atoms with E-state index in [1.165, 1.54) is 24.0 Å². The molecule has 0 fully saturated rings. The van der Waals surface area contributed by atoms with Gasteiger partial charge in [-0.1, -0.05) is 25.8 Å². The van der Waals surface area contributed by atoms with Gasteiger partial charge >= 0.3 is 0 Å². The van der Waals surface area contributed by atoms with Crippen LogP contribution in [-0.4, -0.2) is 7.11 Å². The number of rotatable bonds is 5. The van der Waals surface area contributed by atoms with Crippen molar-refractivity contribution in [1.82, 2.24) is 0 Å². The molecule has 0 radical (unpaired) electrons. The van der Waals surface area contributed by atoms with Crippen LogP contribution in [0.2, 0.25) is 0 Å². The van der Waals surface area contributed by atoms with Crippen molar-refractivity contribution in [3.05, 3.63) is 29.3 Å². The van der Waals surface area contributed by atoms with Crippen molar-refractivity contribution in [2.24, 2.45) is 0 Å². The van der Waals surface area contributed by atoms with E-state index in [0.717, 1.165) is 12.2 Å². The fourth-order valence-electron chi connectivity index (χ4n) is 1.67. The monoisotopic (exact) mass is 226 g/mol. The van der Waals surface area contributed by atoms with Gasteiger partial charge in [-0.25, -0.2) is 0 Å². The van der Waals surface area contributed by atoms with Crippen molar-refractivity contribution >= 4 is 11.6 Å². The first-order chi connectivity index (χ1) is 7.19. The first kappa shape index (κ1) is 12.4. The van der Waals surface area contributed by atoms with Gasteiger partial charge < -0.3 is 4.74 Å². The smallest absolute Gasteiger partial charge is 0.119 e. The summed E-state index contributed by atoms with van der Waals surface area (Å²) in [5, 5.41) is 0.135. The third-order valence-corrected chi connectivity index (χ3v) is 3.08. The number of alkyl halides is 1. The Morgan fingerprint density at radius 1 is 1.40 bits per heavy atom. The van der Waals surface area contributed by atoms with Crippen molar-refractivity contribution in [3.63, 3.8) is 0 Å². The molecular weight excluding hydrogens is 208 g/mol. The number of unbranched alkanes of at least 4 members (excludes halogenated alkanes) is 1. The van der Waals surface area contributed by atoms with Gasteiger partial charge in [0.1, 0.15) is 5.75 Å². The molecule has 84 valence electrons. The van der Waals surface area contributed by atoms with Crippen molar-refractivity contribution in [2.45, 2.75) is 38.5 Å². The number of aryl methyl sites for hydroxylation is 1. The van der Waals surface area contributed by atoms with E-state index in [1.54, 1.807) is 7.11 Å². The van der Waals surface area contributed by atoms with E-state index in [2.05, 4.69) is 19.9 Å². The number of halogens is 1. The van der Waals surface area contributed by atoms with E-state index in [-0.39, 0.29) is 5.38 Å². The van der Waals surface area contributed by atoms with E-state index in [9.17, 15) is 0 Å². The van der Waals surface area contributed by atoms with Crippen LogP contribution in [0.15, 0.2) is 18.2 Å². The summed E-state index contributed by atoms with van der Waals surface area (Å²) in [5.74, 6) is 0.899. The van der Waals surface area contributed by atoms with Crippen LogP contribution in [0.4, 0.5) is 0 Å². The zero-order valence-electron chi connectivity index (χ0n) is 9.72. The second-order valence-corrected chi connectivity index (χ2v) is 4.36. The van der Waals surface area contributed by atoms with Crippen LogP contribution < -0.4 is 4.74 Å². The second kappa shape index (κ2) is 6.02. The van der Waals surface area contributed by atoms with Crippen molar-refractivity contribution < 1.29 is 4.74 Å². The maximum absolute atomic E-state index is 6.34. The zero-order valence-corrected chi connectivity index (χ0v) is 10.5. The SMILES string of the molecule is CCCCC(Cl)c1ccc(OC)cc1C. The molecule has 0 saturated carbocycles. The Labute approximate surface area is 97.4 Å². The quantitative estimate of drug-likeness (QED) is 0.673. The first-order valence-corrected chi connectivity index (χ1v) is 5.91. The predicted molar refractivity (Wildman–Crippen MR) is 65.9 cm³/mol. The van der Waals surface area contributed by atoms with Gasteiger partial charge in [0.15, 0.2) is 0 Å². The third-order valence-electron chi connectivity index (χ3n) is 2.63. The molecule has 0 aliphatic rings. The minimum absolute atomic E-state index is 0.135. The maximum Gasteiger partial charge on any atom is 0.119 e. The highest BCUT2D eigenvalue weighted by molar-refractivity contribution is 6.20. The van der Waals surface area contributed by atoms with Crippen molar-refractivity contribution in [2.75, 3.05) is 7.11 Å². The molecule has 0 saturated heterocycles. The molecule has 1 aromatic rings. The highest BCUT2D eigenvalue weighted by Gasteiger charge is 2.10. The van der Waals surface area contributed by atoms with E-state index in [0.29, 0.717) is 0 Å². The third kappa shape index (κ3) is 3.42. The van der Waals surface area contributed by atoms with Gasteiger partial charge in [-0.15, -0.1) is 11.6 Å². The van der Waals surface area contributed by atoms with Crippen LogP contribution in [0.25, 0.3) is 0 Å². The number of methoxy groups -OCH3 is 1. The van der Waals surface area contributed by atoms with Gasteiger partial charge in [-0.3, -0.25) is 0 Å². The van der Waals surface area contributed by atoms with Crippen LogP contribution >= 0.6 is 11.6 Å². The lowest BCUT2D eigenvalue weighted by Gasteiger charge is -2.13. The Morgan fingerprint density at radius 3 is 2.67 bits per heavy atom. The van der Waals surface area contributed by atoms with Gasteiger partial charge in [0.05, 0.1) is 12.5 Å². The Balaban J connectivity index is 2.76. The molecule has 0 bridgehead atoms. The van der Waals surface area contributed by atoms with E-state index >= 15 is 0 Å². The van der Waals surface area contributed by atoms with Crippen LogP contribution in [0, 0.1) is 6.92 Å². The molecule has 0 heterocycles. The summed E-state index contributed by atoms with van der Waals surface area (Å²) in [7, 11) is 1.68. The summed E-state index contributed by atoms with van der Waals surface area (Å²) >= 11 is 6.34. The highest BCUT2D eigenvalue weighted by atomic mass is 35.5. The molecule has 1 unspecified atom stereocenters. The van der Waals surface area contributed by atoms with E-state index in [1.807, 2.05) is 12.1 Å². The average molecular weight is 227 g/mol. The van der Waals surface area contributed by atoms with Crippen molar-refractivity contribution in [1.29, 1.82) is 0 Å². The fourth-order valence-corrected chi connectivity index (χ4v) is 2.06. The molecule has 0 amide bonds. The molecule has 1 nitrogen and oxygen atoms in total. The average Bonchev–Trinajstić information content (AvgIpc) is 2.25. The number of benzene rings is 1. The molecule has 1 rings (SSSR count). The molecule has 0 aliphatic carbocycles. The summed E-state index contributed by atoms with van der Waals surface area (Å²) in [5.41, 5.74) is 2.44. The van der Waals surface area contributed by atoms with Crippen molar-refractivity contribution in [3.8, 4) is 5.75 Å². The van der Waals surface area contributed by atoms with E-state index < -0.39 is 0 Å². The Bertz CT molecular complexity index is 309. The molecule has 1 aromatic carbocycles. The lowest BCUT2D eigenvalue weighted by atomic mass is 10.0. The van der Waals surface area contributed by atoms with Crippen LogP contribution in [0.3, 0.4) is 0 Å². The molecule has 0 N–H and O–H groups in total. The zero-order chi connectivity index (χ0) is 11.3. The van der Waals surface area contributed by atoms with Crippen LogP contribution in [0.1, 0.15) is 42.7 Å². The second-order valence-electron chi connectivity index (χ2n) is 3.83. The summed E-state index contributed by atoms with van der Waals surface area (Å²) < 4.78 is 5.17. The Morgan fingerprint density at radius 2 is 2.13 bits per heavy atom. The topological polar surface area (TPSA) is 9.23 Å². The summed E-state index contributed by atoms with van der Waals surface area (Å²) in [4.78, 5) is 0. The molecule has 15 heavy (non-hydrogen) atoms. The number of ether oxygens (including phenoxy) is 1. The number of hydrogen-bond acceptors (Lipinski definition) is 1. The Hall–Kier alpha value is -0.690. The fraction of sp³-hybridized carbons (Fsp3) is 0.538.